The summed E-state index contributed by atoms with van der Waals surface area (Å²) in [5, 5.41) is 15.9. The van der Waals surface area contributed by atoms with Crippen LogP contribution in [0.5, 0.6) is 5.75 Å². The number of thioether (sulfide) groups is 2. The summed E-state index contributed by atoms with van der Waals surface area (Å²) >= 11 is 9.15. The van der Waals surface area contributed by atoms with Gasteiger partial charge in [-0.3, -0.25) is 9.59 Å². The second-order valence-corrected chi connectivity index (χ2v) is 10.3. The van der Waals surface area contributed by atoms with Gasteiger partial charge >= 0.3 is 0 Å². The molecule has 0 saturated carbocycles. The number of aromatic nitrogens is 3. The van der Waals surface area contributed by atoms with Crippen molar-refractivity contribution in [2.24, 2.45) is 0 Å². The molecule has 0 fully saturated rings. The van der Waals surface area contributed by atoms with E-state index < -0.39 is 0 Å². The van der Waals surface area contributed by atoms with E-state index in [2.05, 4.69) is 20.8 Å². The van der Waals surface area contributed by atoms with E-state index in [1.165, 1.54) is 11.8 Å². The van der Waals surface area contributed by atoms with Crippen molar-refractivity contribution in [3.05, 3.63) is 64.4 Å². The topological polar surface area (TPSA) is 98.1 Å². The van der Waals surface area contributed by atoms with E-state index in [9.17, 15) is 9.59 Å². The fraction of sp³-hybridized carbons (Fsp3) is 0.360. The number of nitrogens with zero attached hydrogens (tertiary/aromatic N) is 3. The summed E-state index contributed by atoms with van der Waals surface area (Å²) in [6.07, 6.45) is 2.72. The fourth-order valence-electron chi connectivity index (χ4n) is 3.45. The SMILES string of the molecule is CCn1c(SCC(=O)Nc2ccc(C)c(Cl)c2)nnc1[C@H](CCSC)NC(=O)c1ccc(OC)cc1. The van der Waals surface area contributed by atoms with Gasteiger partial charge in [0.25, 0.3) is 5.91 Å². The normalized spacial score (nSPS) is 11.7. The highest BCUT2D eigenvalue weighted by Gasteiger charge is 2.23. The second-order valence-electron chi connectivity index (χ2n) is 7.92. The lowest BCUT2D eigenvalue weighted by molar-refractivity contribution is -0.113. The fourth-order valence-corrected chi connectivity index (χ4v) is 4.91. The largest absolute Gasteiger partial charge is 0.497 e. The third kappa shape index (κ3) is 7.41. The number of amides is 2. The average Bonchev–Trinajstić information content (AvgIpc) is 3.30. The quantitative estimate of drug-likeness (QED) is 0.300. The third-order valence-corrected chi connectivity index (χ3v) is 7.45. The highest BCUT2D eigenvalue weighted by Crippen LogP contribution is 2.25. The number of nitrogens with one attached hydrogen (secondary N) is 2. The van der Waals surface area contributed by atoms with Gasteiger partial charge in [-0.25, -0.2) is 0 Å². The number of halogens is 1. The lowest BCUT2D eigenvalue weighted by Crippen LogP contribution is -2.31. The minimum absolute atomic E-state index is 0.164. The molecule has 192 valence electrons. The number of benzene rings is 2. The van der Waals surface area contributed by atoms with Crippen LogP contribution in [0.3, 0.4) is 0 Å². The molecule has 8 nitrogen and oxygen atoms in total. The molecule has 1 atom stereocenters. The van der Waals surface area contributed by atoms with Gasteiger partial charge in [-0.05, 0) is 74.2 Å². The van der Waals surface area contributed by atoms with Gasteiger partial charge in [0.2, 0.25) is 5.91 Å². The van der Waals surface area contributed by atoms with Gasteiger partial charge in [0, 0.05) is 22.8 Å². The van der Waals surface area contributed by atoms with Gasteiger partial charge in [-0.2, -0.15) is 11.8 Å². The van der Waals surface area contributed by atoms with E-state index in [-0.39, 0.29) is 23.6 Å². The standard InChI is InChI=1S/C25H30ClN5O3S2/c1-5-31-23(21(12-13-35-4)28-24(33)17-7-10-19(34-3)11-8-17)29-30-25(31)36-15-22(32)27-18-9-6-16(2)20(26)14-18/h6-11,14,21H,5,12-13,15H2,1-4H3,(H,27,32)(H,28,33)/t21-/m0/s1. The molecule has 0 aliphatic rings. The minimum atomic E-state index is -0.322. The lowest BCUT2D eigenvalue weighted by Gasteiger charge is -2.19. The number of aryl methyl sites for hydroxylation is 1. The molecule has 2 N–H and O–H groups in total. The molecule has 11 heteroatoms. The summed E-state index contributed by atoms with van der Waals surface area (Å²) in [6, 6.07) is 12.1. The Hall–Kier alpha value is -2.69. The average molecular weight is 548 g/mol. The van der Waals surface area contributed by atoms with Crippen molar-refractivity contribution >= 4 is 52.6 Å². The highest BCUT2D eigenvalue weighted by atomic mass is 35.5. The van der Waals surface area contributed by atoms with Gasteiger partial charge in [0.1, 0.15) is 5.75 Å². The van der Waals surface area contributed by atoms with Gasteiger partial charge in [-0.1, -0.05) is 29.4 Å². The Morgan fingerprint density at radius 2 is 1.92 bits per heavy atom. The van der Waals surface area contributed by atoms with E-state index in [4.69, 9.17) is 16.3 Å². The van der Waals surface area contributed by atoms with E-state index in [0.717, 1.165) is 11.3 Å². The number of ether oxygens (including phenoxy) is 1. The van der Waals surface area contributed by atoms with Gasteiger partial charge in [0.15, 0.2) is 11.0 Å². The van der Waals surface area contributed by atoms with Crippen LogP contribution in [0.4, 0.5) is 5.69 Å². The van der Waals surface area contributed by atoms with Crippen molar-refractivity contribution in [3.8, 4) is 5.75 Å². The number of anilines is 1. The van der Waals surface area contributed by atoms with Crippen LogP contribution in [-0.2, 0) is 11.3 Å². The van der Waals surface area contributed by atoms with Crippen molar-refractivity contribution in [2.75, 3.05) is 30.2 Å². The molecule has 36 heavy (non-hydrogen) atoms. The molecule has 0 unspecified atom stereocenters. The summed E-state index contributed by atoms with van der Waals surface area (Å²) in [4.78, 5) is 25.5. The first-order chi connectivity index (χ1) is 17.4. The predicted octanol–water partition coefficient (Wildman–Crippen LogP) is 5.22. The van der Waals surface area contributed by atoms with Crippen LogP contribution in [0.2, 0.25) is 5.02 Å². The molecule has 3 rings (SSSR count). The maximum Gasteiger partial charge on any atom is 0.251 e. The van der Waals surface area contributed by atoms with Gasteiger partial charge in [0.05, 0.1) is 18.9 Å². The summed E-state index contributed by atoms with van der Waals surface area (Å²) in [5.74, 6) is 2.00. The molecule has 0 bridgehead atoms. The molecule has 2 aromatic carbocycles. The maximum atomic E-state index is 12.9. The number of hydrogen-bond donors (Lipinski definition) is 2. The molecule has 1 aromatic heterocycles. The summed E-state index contributed by atoms with van der Waals surface area (Å²) in [5.41, 5.74) is 2.13. The Balaban J connectivity index is 1.70. The Bertz CT molecular complexity index is 1190. The first-order valence-corrected chi connectivity index (χ1v) is 14.2. The number of carbonyl (C=O) groups excluding carboxylic acids is 2. The summed E-state index contributed by atoms with van der Waals surface area (Å²) < 4.78 is 7.12. The van der Waals surface area contributed by atoms with Crippen LogP contribution in [0.1, 0.15) is 41.1 Å². The number of carbonyl (C=O) groups is 2. The molecule has 0 spiro atoms. The number of methoxy groups -OCH3 is 1. The van der Waals surface area contributed by atoms with E-state index in [1.54, 1.807) is 49.2 Å². The van der Waals surface area contributed by atoms with Crippen molar-refractivity contribution < 1.29 is 14.3 Å². The molecule has 3 aromatic rings. The van der Waals surface area contributed by atoms with Crippen LogP contribution in [0.15, 0.2) is 47.6 Å². The highest BCUT2D eigenvalue weighted by molar-refractivity contribution is 7.99. The number of rotatable bonds is 12. The Labute approximate surface area is 224 Å². The van der Waals surface area contributed by atoms with Gasteiger partial charge < -0.3 is 19.9 Å². The molecule has 0 saturated heterocycles. The van der Waals surface area contributed by atoms with Crippen LogP contribution < -0.4 is 15.4 Å². The molecule has 2 amide bonds. The minimum Gasteiger partial charge on any atom is -0.497 e. The third-order valence-electron chi connectivity index (χ3n) is 5.43. The number of hydrogen-bond acceptors (Lipinski definition) is 7. The molecule has 1 heterocycles. The first kappa shape index (κ1) is 27.9. The Kier molecular flexibility index (Phi) is 10.5. The maximum absolute atomic E-state index is 12.9. The zero-order valence-electron chi connectivity index (χ0n) is 20.7. The molecular weight excluding hydrogens is 518 g/mol. The predicted molar refractivity (Wildman–Crippen MR) is 147 cm³/mol. The van der Waals surface area contributed by atoms with E-state index >= 15 is 0 Å². The smallest absolute Gasteiger partial charge is 0.251 e. The summed E-state index contributed by atoms with van der Waals surface area (Å²) in [7, 11) is 1.59. The van der Waals surface area contributed by atoms with Crippen molar-refractivity contribution in [1.29, 1.82) is 0 Å². The van der Waals surface area contributed by atoms with Crippen molar-refractivity contribution in [3.63, 3.8) is 0 Å². The van der Waals surface area contributed by atoms with Crippen LogP contribution in [0.25, 0.3) is 0 Å². The first-order valence-electron chi connectivity index (χ1n) is 11.4. The Morgan fingerprint density at radius 1 is 1.17 bits per heavy atom. The van der Waals surface area contributed by atoms with E-state index in [0.29, 0.717) is 46.0 Å². The molecule has 0 radical (unpaired) electrons. The monoisotopic (exact) mass is 547 g/mol. The van der Waals surface area contributed by atoms with Crippen LogP contribution in [0, 0.1) is 6.92 Å². The molecular formula is C25H30ClN5O3S2. The van der Waals surface area contributed by atoms with Gasteiger partial charge in [-0.15, -0.1) is 10.2 Å². The summed E-state index contributed by atoms with van der Waals surface area (Å²) in [6.45, 7) is 4.50. The zero-order chi connectivity index (χ0) is 26.1. The lowest BCUT2D eigenvalue weighted by atomic mass is 10.1. The zero-order valence-corrected chi connectivity index (χ0v) is 23.1. The van der Waals surface area contributed by atoms with E-state index in [1.807, 2.05) is 36.8 Å². The second kappa shape index (κ2) is 13.6. The van der Waals surface area contributed by atoms with Crippen LogP contribution >= 0.6 is 35.1 Å². The molecule has 0 aliphatic carbocycles. The Morgan fingerprint density at radius 3 is 2.56 bits per heavy atom. The molecule has 0 aliphatic heterocycles. The van der Waals surface area contributed by atoms with Crippen molar-refractivity contribution in [2.45, 2.75) is 38.0 Å². The van der Waals surface area contributed by atoms with Crippen LogP contribution in [-0.4, -0.2) is 51.5 Å². The van der Waals surface area contributed by atoms with Crippen molar-refractivity contribution in [1.82, 2.24) is 20.1 Å².